The first-order valence-electron chi connectivity index (χ1n) is 4.70. The van der Waals surface area contributed by atoms with Crippen LogP contribution in [0.2, 0.25) is 5.02 Å². The second kappa shape index (κ2) is 3.28. The monoisotopic (exact) mass is 234 g/mol. The number of nitrogens with zero attached hydrogens (tertiary/aromatic N) is 1. The summed E-state index contributed by atoms with van der Waals surface area (Å²) >= 11 is 5.99. The summed E-state index contributed by atoms with van der Waals surface area (Å²) < 4.78 is 6.65. The van der Waals surface area contributed by atoms with E-state index in [9.17, 15) is 4.79 Å². The lowest BCUT2D eigenvalue weighted by molar-refractivity contribution is 0.538. The smallest absolute Gasteiger partial charge is 0.333 e. The molecule has 0 aliphatic carbocycles. The minimum atomic E-state index is -0.266. The molecule has 0 saturated heterocycles. The Labute approximate surface area is 95.1 Å². The number of hydrogen-bond acceptors (Lipinski definition) is 2. The number of nitrogens with one attached hydrogen (secondary N) is 1. The molecule has 0 saturated carbocycles. The molecule has 1 N–H and O–H groups in total. The first kappa shape index (κ1) is 9.30. The van der Waals surface area contributed by atoms with E-state index in [0.717, 1.165) is 0 Å². The largest absolute Gasteiger partial charge is 0.448 e. The van der Waals surface area contributed by atoms with Gasteiger partial charge in [-0.3, -0.25) is 0 Å². The fourth-order valence-corrected chi connectivity index (χ4v) is 1.93. The molecular weight excluding hydrogens is 228 g/mol. The normalized spacial score (nSPS) is 11.1. The third kappa shape index (κ3) is 1.20. The van der Waals surface area contributed by atoms with Crippen LogP contribution in [0, 0.1) is 0 Å². The van der Waals surface area contributed by atoms with E-state index < -0.39 is 0 Å². The number of fused-ring (bicyclic) bond motifs is 1. The van der Waals surface area contributed by atoms with Crippen molar-refractivity contribution >= 4 is 22.6 Å². The highest BCUT2D eigenvalue weighted by Crippen LogP contribution is 2.22. The molecule has 0 radical (unpaired) electrons. The molecule has 16 heavy (non-hydrogen) atoms. The van der Waals surface area contributed by atoms with E-state index in [0.29, 0.717) is 21.9 Å². The molecule has 0 aliphatic rings. The molecule has 1 aromatic carbocycles. The maximum atomic E-state index is 11.8. The molecule has 0 fully saturated rings. The zero-order chi connectivity index (χ0) is 11.1. The van der Waals surface area contributed by atoms with Crippen LogP contribution < -0.4 is 5.69 Å². The SMILES string of the molecule is O=c1[nH]c2c(Cl)cccc2n1-c1ccco1. The summed E-state index contributed by atoms with van der Waals surface area (Å²) in [6.45, 7) is 0. The molecule has 0 amide bonds. The number of furan rings is 1. The van der Waals surface area contributed by atoms with Crippen molar-refractivity contribution in [3.8, 4) is 5.88 Å². The van der Waals surface area contributed by atoms with Crippen molar-refractivity contribution in [3.05, 3.63) is 52.1 Å². The molecule has 2 heterocycles. The fourth-order valence-electron chi connectivity index (χ4n) is 1.71. The summed E-state index contributed by atoms with van der Waals surface area (Å²) in [5, 5.41) is 0.514. The van der Waals surface area contributed by atoms with Crippen molar-refractivity contribution in [2.24, 2.45) is 0 Å². The number of rotatable bonds is 1. The quantitative estimate of drug-likeness (QED) is 0.704. The Hall–Kier alpha value is -1.94. The Morgan fingerprint density at radius 1 is 1.25 bits per heavy atom. The van der Waals surface area contributed by atoms with Gasteiger partial charge < -0.3 is 9.40 Å². The summed E-state index contributed by atoms with van der Waals surface area (Å²) in [6, 6.07) is 8.77. The minimum absolute atomic E-state index is 0.266. The number of para-hydroxylation sites is 1. The van der Waals surface area contributed by atoms with Crippen molar-refractivity contribution < 1.29 is 4.42 Å². The van der Waals surface area contributed by atoms with Gasteiger partial charge in [0.25, 0.3) is 0 Å². The van der Waals surface area contributed by atoms with Gasteiger partial charge in [-0.15, -0.1) is 0 Å². The lowest BCUT2D eigenvalue weighted by Crippen LogP contribution is -2.13. The van der Waals surface area contributed by atoms with E-state index in [4.69, 9.17) is 16.0 Å². The lowest BCUT2D eigenvalue weighted by atomic mass is 10.3. The van der Waals surface area contributed by atoms with Gasteiger partial charge in [-0.1, -0.05) is 17.7 Å². The second-order valence-corrected chi connectivity index (χ2v) is 3.76. The van der Waals surface area contributed by atoms with Crippen LogP contribution in [0.1, 0.15) is 0 Å². The molecule has 0 unspecified atom stereocenters. The maximum absolute atomic E-state index is 11.8. The van der Waals surface area contributed by atoms with Gasteiger partial charge in [0.05, 0.1) is 22.3 Å². The molecule has 2 aromatic heterocycles. The number of benzene rings is 1. The molecule has 0 bridgehead atoms. The molecule has 80 valence electrons. The standard InChI is InChI=1S/C11H7ClN2O2/c12-7-3-1-4-8-10(7)13-11(15)14(8)9-5-2-6-16-9/h1-6H,(H,13,15). The number of imidazole rings is 1. The Kier molecular flexibility index (Phi) is 1.91. The van der Waals surface area contributed by atoms with Gasteiger partial charge in [-0.05, 0) is 18.2 Å². The predicted octanol–water partition coefficient (Wildman–Crippen LogP) is 2.57. The van der Waals surface area contributed by atoms with Crippen LogP contribution in [0.25, 0.3) is 16.9 Å². The van der Waals surface area contributed by atoms with Crippen molar-refractivity contribution in [1.29, 1.82) is 0 Å². The first-order valence-corrected chi connectivity index (χ1v) is 5.08. The van der Waals surface area contributed by atoms with Crippen LogP contribution in [0.15, 0.2) is 45.8 Å². The highest BCUT2D eigenvalue weighted by atomic mass is 35.5. The summed E-state index contributed by atoms with van der Waals surface area (Å²) in [5.41, 5.74) is 1.05. The van der Waals surface area contributed by atoms with Crippen molar-refractivity contribution in [1.82, 2.24) is 9.55 Å². The number of H-pyrrole nitrogens is 1. The zero-order valence-electron chi connectivity index (χ0n) is 8.11. The zero-order valence-corrected chi connectivity index (χ0v) is 8.86. The summed E-state index contributed by atoms with van der Waals surface area (Å²) in [5.74, 6) is 0.471. The van der Waals surface area contributed by atoms with Gasteiger partial charge in [0.1, 0.15) is 0 Å². The topological polar surface area (TPSA) is 50.9 Å². The van der Waals surface area contributed by atoms with Crippen LogP contribution in [-0.2, 0) is 0 Å². The van der Waals surface area contributed by atoms with Gasteiger partial charge in [-0.25, -0.2) is 9.36 Å². The van der Waals surface area contributed by atoms with E-state index in [1.807, 2.05) is 6.07 Å². The number of aromatic nitrogens is 2. The minimum Gasteiger partial charge on any atom is -0.448 e. The summed E-state index contributed by atoms with van der Waals surface area (Å²) in [6.07, 6.45) is 1.52. The highest BCUT2D eigenvalue weighted by molar-refractivity contribution is 6.34. The summed E-state index contributed by atoms with van der Waals surface area (Å²) in [4.78, 5) is 14.5. The predicted molar refractivity (Wildman–Crippen MR) is 61.2 cm³/mol. The van der Waals surface area contributed by atoms with Gasteiger partial charge in [-0.2, -0.15) is 0 Å². The first-order chi connectivity index (χ1) is 7.77. The second-order valence-electron chi connectivity index (χ2n) is 3.35. The summed E-state index contributed by atoms with van der Waals surface area (Å²) in [7, 11) is 0. The molecule has 4 nitrogen and oxygen atoms in total. The molecule has 5 heteroatoms. The molecule has 0 spiro atoms. The van der Waals surface area contributed by atoms with E-state index in [-0.39, 0.29) is 5.69 Å². The Morgan fingerprint density at radius 2 is 2.12 bits per heavy atom. The lowest BCUT2D eigenvalue weighted by Gasteiger charge is -1.97. The van der Waals surface area contributed by atoms with Crippen molar-refractivity contribution in [3.63, 3.8) is 0 Å². The number of halogens is 1. The van der Waals surface area contributed by atoms with Crippen LogP contribution in [-0.4, -0.2) is 9.55 Å². The van der Waals surface area contributed by atoms with Crippen LogP contribution >= 0.6 is 11.6 Å². The molecule has 0 atom stereocenters. The van der Waals surface area contributed by atoms with Gasteiger partial charge in [0.2, 0.25) is 5.88 Å². The van der Waals surface area contributed by atoms with Crippen LogP contribution in [0.4, 0.5) is 0 Å². The van der Waals surface area contributed by atoms with E-state index in [2.05, 4.69) is 4.98 Å². The van der Waals surface area contributed by atoms with Gasteiger partial charge in [0.15, 0.2) is 0 Å². The van der Waals surface area contributed by atoms with Crippen LogP contribution in [0.5, 0.6) is 0 Å². The fraction of sp³-hybridized carbons (Fsp3) is 0. The molecule has 3 aromatic rings. The van der Waals surface area contributed by atoms with E-state index in [1.54, 1.807) is 24.3 Å². The van der Waals surface area contributed by atoms with Gasteiger partial charge >= 0.3 is 5.69 Å². The third-order valence-electron chi connectivity index (χ3n) is 2.39. The third-order valence-corrected chi connectivity index (χ3v) is 2.71. The number of hydrogen-bond donors (Lipinski definition) is 1. The van der Waals surface area contributed by atoms with Gasteiger partial charge in [0, 0.05) is 6.07 Å². The van der Waals surface area contributed by atoms with Crippen molar-refractivity contribution in [2.75, 3.05) is 0 Å². The molecular formula is C11H7ClN2O2. The van der Waals surface area contributed by atoms with E-state index in [1.165, 1.54) is 10.8 Å². The average molecular weight is 235 g/mol. The van der Waals surface area contributed by atoms with Crippen LogP contribution in [0.3, 0.4) is 0 Å². The number of aromatic amines is 1. The maximum Gasteiger partial charge on any atom is 0.333 e. The van der Waals surface area contributed by atoms with Crippen molar-refractivity contribution in [2.45, 2.75) is 0 Å². The average Bonchev–Trinajstić information content (AvgIpc) is 2.85. The molecule has 3 rings (SSSR count). The van der Waals surface area contributed by atoms with E-state index >= 15 is 0 Å². The Bertz CT molecular complexity index is 694. The molecule has 0 aliphatic heterocycles. The highest BCUT2D eigenvalue weighted by Gasteiger charge is 2.11. The Morgan fingerprint density at radius 3 is 2.88 bits per heavy atom. The Balaban J connectivity index is 2.46.